The molecule has 4 nitrogen and oxygen atoms in total. The van der Waals surface area contributed by atoms with E-state index in [1.54, 1.807) is 19.0 Å². The summed E-state index contributed by atoms with van der Waals surface area (Å²) < 4.78 is 5.81. The lowest BCUT2D eigenvalue weighted by molar-refractivity contribution is -0.129. The molecule has 0 aliphatic heterocycles. The summed E-state index contributed by atoms with van der Waals surface area (Å²) in [4.78, 5) is 13.0. The van der Waals surface area contributed by atoms with Crippen LogP contribution >= 0.6 is 0 Å². The van der Waals surface area contributed by atoms with Gasteiger partial charge in [0.15, 0.2) is 0 Å². The number of hydrogen-bond acceptors (Lipinski definition) is 3. The highest BCUT2D eigenvalue weighted by molar-refractivity contribution is 5.75. The van der Waals surface area contributed by atoms with E-state index < -0.39 is 0 Å². The van der Waals surface area contributed by atoms with Crippen LogP contribution in [0.3, 0.4) is 0 Å². The minimum absolute atomic E-state index is 0.166. The van der Waals surface area contributed by atoms with Gasteiger partial charge in [0.1, 0.15) is 0 Å². The van der Waals surface area contributed by atoms with Crippen LogP contribution in [0.2, 0.25) is 0 Å². The molecular formula is C13H26N2O2. The maximum absolute atomic E-state index is 11.4. The van der Waals surface area contributed by atoms with E-state index >= 15 is 0 Å². The Kier molecular flexibility index (Phi) is 6.52. The van der Waals surface area contributed by atoms with Crippen LogP contribution < -0.4 is 5.73 Å². The zero-order valence-electron chi connectivity index (χ0n) is 11.2. The molecule has 1 aliphatic carbocycles. The Hall–Kier alpha value is -0.610. The van der Waals surface area contributed by atoms with Crippen molar-refractivity contribution in [3.05, 3.63) is 0 Å². The molecule has 0 aromatic rings. The van der Waals surface area contributed by atoms with Gasteiger partial charge in [0.2, 0.25) is 5.91 Å². The topological polar surface area (TPSA) is 55.6 Å². The zero-order valence-corrected chi connectivity index (χ0v) is 11.2. The summed E-state index contributed by atoms with van der Waals surface area (Å²) in [6.07, 6.45) is 7.41. The molecule has 1 aliphatic rings. The van der Waals surface area contributed by atoms with Crippen LogP contribution in [-0.2, 0) is 9.53 Å². The molecular weight excluding hydrogens is 216 g/mol. The average molecular weight is 242 g/mol. The van der Waals surface area contributed by atoms with Gasteiger partial charge >= 0.3 is 0 Å². The third-order valence-electron chi connectivity index (χ3n) is 3.37. The van der Waals surface area contributed by atoms with Crippen molar-refractivity contribution >= 4 is 5.91 Å². The van der Waals surface area contributed by atoms with Gasteiger partial charge in [-0.3, -0.25) is 4.79 Å². The summed E-state index contributed by atoms with van der Waals surface area (Å²) in [5.74, 6) is 0.166. The number of carbonyl (C=O) groups excluding carboxylic acids is 1. The van der Waals surface area contributed by atoms with E-state index in [1.165, 1.54) is 19.3 Å². The van der Waals surface area contributed by atoms with Gasteiger partial charge in [-0.2, -0.15) is 0 Å². The maximum Gasteiger partial charge on any atom is 0.222 e. The van der Waals surface area contributed by atoms with Gasteiger partial charge < -0.3 is 15.4 Å². The predicted molar refractivity (Wildman–Crippen MR) is 68.7 cm³/mol. The highest BCUT2D eigenvalue weighted by atomic mass is 16.5. The molecule has 0 spiro atoms. The lowest BCUT2D eigenvalue weighted by atomic mass is 10.1. The van der Waals surface area contributed by atoms with Crippen molar-refractivity contribution in [3.8, 4) is 0 Å². The van der Waals surface area contributed by atoms with Gasteiger partial charge in [0.25, 0.3) is 0 Å². The molecule has 1 fully saturated rings. The minimum atomic E-state index is 0.166. The molecule has 17 heavy (non-hydrogen) atoms. The first-order valence-electron chi connectivity index (χ1n) is 6.68. The van der Waals surface area contributed by atoms with Crippen molar-refractivity contribution < 1.29 is 9.53 Å². The van der Waals surface area contributed by atoms with Gasteiger partial charge in [-0.1, -0.05) is 19.3 Å². The molecule has 2 N–H and O–H groups in total. The highest BCUT2D eigenvalue weighted by Gasteiger charge is 2.20. The fraction of sp³-hybridized carbons (Fsp3) is 0.923. The molecule has 1 amide bonds. The lowest BCUT2D eigenvalue weighted by Crippen LogP contribution is -2.36. The van der Waals surface area contributed by atoms with Crippen molar-refractivity contribution in [2.45, 2.75) is 57.1 Å². The van der Waals surface area contributed by atoms with E-state index in [0.29, 0.717) is 13.0 Å². The summed E-state index contributed by atoms with van der Waals surface area (Å²) in [6.45, 7) is 0.651. The van der Waals surface area contributed by atoms with Crippen molar-refractivity contribution in [3.63, 3.8) is 0 Å². The third kappa shape index (κ3) is 5.50. The van der Waals surface area contributed by atoms with Crippen LogP contribution in [0.15, 0.2) is 0 Å². The molecule has 2 unspecified atom stereocenters. The largest absolute Gasteiger partial charge is 0.377 e. The monoisotopic (exact) mass is 242 g/mol. The van der Waals surface area contributed by atoms with Crippen LogP contribution in [0, 0.1) is 0 Å². The molecule has 0 radical (unpaired) electrons. The fourth-order valence-corrected chi connectivity index (χ4v) is 2.19. The second kappa shape index (κ2) is 7.67. The molecule has 4 heteroatoms. The van der Waals surface area contributed by atoms with Crippen LogP contribution in [0.4, 0.5) is 0 Å². The van der Waals surface area contributed by atoms with Gasteiger partial charge in [0, 0.05) is 33.2 Å². The first kappa shape index (κ1) is 14.5. The van der Waals surface area contributed by atoms with Crippen molar-refractivity contribution in [1.82, 2.24) is 4.90 Å². The third-order valence-corrected chi connectivity index (χ3v) is 3.37. The summed E-state index contributed by atoms with van der Waals surface area (Å²) in [5, 5.41) is 0. The molecule has 0 aromatic heterocycles. The van der Waals surface area contributed by atoms with E-state index in [0.717, 1.165) is 19.3 Å². The van der Waals surface area contributed by atoms with Gasteiger partial charge in [-0.25, -0.2) is 0 Å². The maximum atomic E-state index is 11.4. The number of ether oxygens (including phenoxy) is 1. The minimum Gasteiger partial charge on any atom is -0.377 e. The number of hydrogen-bond donors (Lipinski definition) is 1. The fourth-order valence-electron chi connectivity index (χ4n) is 2.19. The molecule has 100 valence electrons. The molecule has 0 heterocycles. The number of rotatable bonds is 5. The van der Waals surface area contributed by atoms with E-state index in [4.69, 9.17) is 10.5 Å². The van der Waals surface area contributed by atoms with Gasteiger partial charge in [-0.05, 0) is 19.3 Å². The Morgan fingerprint density at radius 1 is 1.29 bits per heavy atom. The molecule has 2 atom stereocenters. The van der Waals surface area contributed by atoms with E-state index in [9.17, 15) is 4.79 Å². The Labute approximate surface area is 104 Å². The lowest BCUT2D eigenvalue weighted by Gasteiger charge is -2.21. The van der Waals surface area contributed by atoms with Crippen LogP contribution in [-0.4, -0.2) is 43.7 Å². The van der Waals surface area contributed by atoms with E-state index in [1.807, 2.05) is 0 Å². The smallest absolute Gasteiger partial charge is 0.222 e. The second-order valence-corrected chi connectivity index (χ2v) is 5.10. The quantitative estimate of drug-likeness (QED) is 0.587. The molecule has 1 saturated carbocycles. The molecule has 1 rings (SSSR count). The standard InChI is InChI=1S/C13H26N2O2/c1-15(2)13(16)9-6-10-17-12-8-5-3-4-7-11(12)14/h11-12H,3-10,14H2,1-2H3. The first-order chi connectivity index (χ1) is 8.11. The SMILES string of the molecule is CN(C)C(=O)CCCOC1CCCCCC1N. The Morgan fingerprint density at radius 2 is 2.00 bits per heavy atom. The predicted octanol–water partition coefficient (Wildman–Crippen LogP) is 1.53. The molecule has 0 saturated heterocycles. The van der Waals surface area contributed by atoms with Crippen molar-refractivity contribution in [1.29, 1.82) is 0 Å². The van der Waals surface area contributed by atoms with Crippen molar-refractivity contribution in [2.75, 3.05) is 20.7 Å². The summed E-state index contributed by atoms with van der Waals surface area (Å²) >= 11 is 0. The van der Waals surface area contributed by atoms with E-state index in [2.05, 4.69) is 0 Å². The van der Waals surface area contributed by atoms with Crippen molar-refractivity contribution in [2.24, 2.45) is 5.73 Å². The van der Waals surface area contributed by atoms with Gasteiger partial charge in [-0.15, -0.1) is 0 Å². The Morgan fingerprint density at radius 3 is 2.71 bits per heavy atom. The number of nitrogens with zero attached hydrogens (tertiary/aromatic N) is 1. The average Bonchev–Trinajstić information content (AvgIpc) is 2.49. The number of nitrogens with two attached hydrogens (primary N) is 1. The second-order valence-electron chi connectivity index (χ2n) is 5.10. The number of amides is 1. The Balaban J connectivity index is 2.14. The Bertz CT molecular complexity index is 231. The van der Waals surface area contributed by atoms with Crippen LogP contribution in [0.25, 0.3) is 0 Å². The summed E-state index contributed by atoms with van der Waals surface area (Å²) in [6, 6.07) is 0.182. The van der Waals surface area contributed by atoms with Crippen LogP contribution in [0.1, 0.15) is 44.9 Å². The van der Waals surface area contributed by atoms with E-state index in [-0.39, 0.29) is 18.1 Å². The zero-order chi connectivity index (χ0) is 12.7. The normalized spacial score (nSPS) is 25.4. The molecule has 0 aromatic carbocycles. The van der Waals surface area contributed by atoms with Gasteiger partial charge in [0.05, 0.1) is 6.10 Å². The highest BCUT2D eigenvalue weighted by Crippen LogP contribution is 2.19. The first-order valence-corrected chi connectivity index (χ1v) is 6.68. The van der Waals surface area contributed by atoms with Crippen LogP contribution in [0.5, 0.6) is 0 Å². The summed E-state index contributed by atoms with van der Waals surface area (Å²) in [5.41, 5.74) is 6.07. The molecule has 0 bridgehead atoms. The number of carbonyl (C=O) groups is 1. The summed E-state index contributed by atoms with van der Waals surface area (Å²) in [7, 11) is 3.56.